The predicted octanol–water partition coefficient (Wildman–Crippen LogP) is 4.49. The van der Waals surface area contributed by atoms with Crippen LogP contribution >= 0.6 is 23.2 Å². The van der Waals surface area contributed by atoms with E-state index in [4.69, 9.17) is 27.9 Å². The molecule has 0 spiro atoms. The molecule has 6 heteroatoms. The maximum Gasteiger partial charge on any atom is 0.329 e. The first-order valence-electron chi connectivity index (χ1n) is 7.85. The van der Waals surface area contributed by atoms with Crippen molar-refractivity contribution in [2.75, 3.05) is 0 Å². The maximum absolute atomic E-state index is 12.4. The van der Waals surface area contributed by atoms with Crippen LogP contribution < -0.4 is 5.32 Å². The van der Waals surface area contributed by atoms with Crippen LogP contribution in [-0.4, -0.2) is 17.9 Å². The summed E-state index contributed by atoms with van der Waals surface area (Å²) < 4.78 is 5.33. The lowest BCUT2D eigenvalue weighted by atomic mass is 10.0. The number of benzene rings is 2. The fraction of sp³-hybridized carbons (Fsp3) is 0.263. The molecule has 0 saturated heterocycles. The van der Waals surface area contributed by atoms with Gasteiger partial charge in [0, 0.05) is 5.02 Å². The second-order valence-corrected chi connectivity index (χ2v) is 6.75. The largest absolute Gasteiger partial charge is 0.459 e. The van der Waals surface area contributed by atoms with Crippen molar-refractivity contribution in [3.05, 3.63) is 69.7 Å². The summed E-state index contributed by atoms with van der Waals surface area (Å²) >= 11 is 11.9. The highest BCUT2D eigenvalue weighted by Crippen LogP contribution is 2.16. The van der Waals surface area contributed by atoms with E-state index in [9.17, 15) is 9.59 Å². The molecule has 0 aliphatic rings. The molecule has 2 aromatic carbocycles. The molecule has 1 amide bonds. The standard InChI is InChI=1S/C19H19Cl2NO3/c1-12(2)17(22-18(23)15-5-3-4-6-16(15)21)19(24)25-11-13-7-9-14(20)10-8-13/h3-10,12,17H,11H2,1-2H3,(H,22,23)/t17-/m0/s1. The molecular formula is C19H19Cl2NO3. The lowest BCUT2D eigenvalue weighted by Gasteiger charge is -2.21. The van der Waals surface area contributed by atoms with Gasteiger partial charge in [0.25, 0.3) is 5.91 Å². The summed E-state index contributed by atoms with van der Waals surface area (Å²) in [6.07, 6.45) is 0. The van der Waals surface area contributed by atoms with Crippen LogP contribution in [0.5, 0.6) is 0 Å². The van der Waals surface area contributed by atoms with Gasteiger partial charge in [0.15, 0.2) is 0 Å². The Labute approximate surface area is 157 Å². The van der Waals surface area contributed by atoms with Gasteiger partial charge in [-0.3, -0.25) is 4.79 Å². The van der Waals surface area contributed by atoms with E-state index in [1.165, 1.54) is 0 Å². The van der Waals surface area contributed by atoms with E-state index in [0.29, 0.717) is 15.6 Å². The third-order valence-electron chi connectivity index (χ3n) is 3.62. The molecule has 0 fully saturated rings. The molecular weight excluding hydrogens is 361 g/mol. The number of esters is 1. The molecule has 1 N–H and O–H groups in total. The minimum atomic E-state index is -0.768. The Morgan fingerprint density at radius 2 is 1.68 bits per heavy atom. The van der Waals surface area contributed by atoms with Crippen molar-refractivity contribution < 1.29 is 14.3 Å². The molecule has 0 aromatic heterocycles. The summed E-state index contributed by atoms with van der Waals surface area (Å²) in [4.78, 5) is 24.8. The van der Waals surface area contributed by atoms with Crippen molar-refractivity contribution in [2.45, 2.75) is 26.5 Å². The number of amides is 1. The highest BCUT2D eigenvalue weighted by molar-refractivity contribution is 6.33. The van der Waals surface area contributed by atoms with Crippen molar-refractivity contribution in [3.63, 3.8) is 0 Å². The summed E-state index contributed by atoms with van der Waals surface area (Å²) in [5.41, 5.74) is 1.14. The Morgan fingerprint density at radius 3 is 2.28 bits per heavy atom. The normalized spacial score (nSPS) is 11.9. The van der Waals surface area contributed by atoms with Gasteiger partial charge in [0.05, 0.1) is 10.6 Å². The zero-order valence-electron chi connectivity index (χ0n) is 14.0. The van der Waals surface area contributed by atoms with Crippen molar-refractivity contribution >= 4 is 35.1 Å². The van der Waals surface area contributed by atoms with E-state index in [2.05, 4.69) is 5.32 Å². The van der Waals surface area contributed by atoms with Crippen LogP contribution in [0.2, 0.25) is 10.0 Å². The minimum Gasteiger partial charge on any atom is -0.459 e. The third-order valence-corrected chi connectivity index (χ3v) is 4.20. The van der Waals surface area contributed by atoms with E-state index in [1.54, 1.807) is 48.5 Å². The van der Waals surface area contributed by atoms with Crippen molar-refractivity contribution in [1.29, 1.82) is 0 Å². The summed E-state index contributed by atoms with van der Waals surface area (Å²) in [5.74, 6) is -1.04. The fourth-order valence-corrected chi connectivity index (χ4v) is 2.53. The van der Waals surface area contributed by atoms with Gasteiger partial charge in [-0.15, -0.1) is 0 Å². The lowest BCUT2D eigenvalue weighted by molar-refractivity contribution is -0.148. The molecule has 0 radical (unpaired) electrons. The summed E-state index contributed by atoms with van der Waals surface area (Å²) in [6.45, 7) is 3.78. The number of hydrogen-bond donors (Lipinski definition) is 1. The van der Waals surface area contributed by atoms with Gasteiger partial charge in [0.2, 0.25) is 0 Å². The quantitative estimate of drug-likeness (QED) is 0.752. The monoisotopic (exact) mass is 379 g/mol. The maximum atomic E-state index is 12.4. The van der Waals surface area contributed by atoms with Crippen LogP contribution in [0.25, 0.3) is 0 Å². The second-order valence-electron chi connectivity index (χ2n) is 5.91. The number of halogens is 2. The number of nitrogens with one attached hydrogen (secondary N) is 1. The SMILES string of the molecule is CC(C)[C@H](NC(=O)c1ccccc1Cl)C(=O)OCc1ccc(Cl)cc1. The molecule has 0 unspecified atom stereocenters. The first kappa shape index (κ1) is 19.3. The van der Waals surface area contributed by atoms with Gasteiger partial charge in [0.1, 0.15) is 12.6 Å². The van der Waals surface area contributed by atoms with Crippen molar-refractivity contribution in [3.8, 4) is 0 Å². The Hall–Kier alpha value is -2.04. The van der Waals surface area contributed by atoms with Crippen molar-refractivity contribution in [2.24, 2.45) is 5.92 Å². The summed E-state index contributed by atoms with van der Waals surface area (Å²) in [6, 6.07) is 12.9. The molecule has 0 bridgehead atoms. The molecule has 0 aliphatic carbocycles. The predicted molar refractivity (Wildman–Crippen MR) is 98.8 cm³/mol. The van der Waals surface area contributed by atoms with Crippen LogP contribution in [0.15, 0.2) is 48.5 Å². The van der Waals surface area contributed by atoms with Gasteiger partial charge in [-0.1, -0.05) is 61.3 Å². The number of ether oxygens (including phenoxy) is 1. The molecule has 2 aromatic rings. The van der Waals surface area contributed by atoms with Crippen LogP contribution in [0.4, 0.5) is 0 Å². The van der Waals surface area contributed by atoms with E-state index in [1.807, 2.05) is 13.8 Å². The van der Waals surface area contributed by atoms with E-state index in [0.717, 1.165) is 5.56 Å². The summed E-state index contributed by atoms with van der Waals surface area (Å²) in [5, 5.41) is 3.64. The summed E-state index contributed by atoms with van der Waals surface area (Å²) in [7, 11) is 0. The Kier molecular flexibility index (Phi) is 6.85. The first-order chi connectivity index (χ1) is 11.9. The van der Waals surface area contributed by atoms with Crippen LogP contribution in [0.3, 0.4) is 0 Å². The fourth-order valence-electron chi connectivity index (χ4n) is 2.19. The number of hydrogen-bond acceptors (Lipinski definition) is 3. The minimum absolute atomic E-state index is 0.112. The van der Waals surface area contributed by atoms with Gasteiger partial charge in [-0.2, -0.15) is 0 Å². The molecule has 0 heterocycles. The highest BCUT2D eigenvalue weighted by atomic mass is 35.5. The molecule has 0 saturated carbocycles. The third kappa shape index (κ3) is 5.48. The smallest absolute Gasteiger partial charge is 0.329 e. The van der Waals surface area contributed by atoms with Crippen LogP contribution in [0, 0.1) is 5.92 Å². The average Bonchev–Trinajstić information content (AvgIpc) is 2.58. The Balaban J connectivity index is 2.01. The lowest BCUT2D eigenvalue weighted by Crippen LogP contribution is -2.45. The molecule has 132 valence electrons. The van der Waals surface area contributed by atoms with Gasteiger partial charge in [-0.25, -0.2) is 4.79 Å². The second kappa shape index (κ2) is 8.88. The average molecular weight is 380 g/mol. The number of carbonyl (C=O) groups excluding carboxylic acids is 2. The molecule has 0 aliphatic heterocycles. The zero-order valence-corrected chi connectivity index (χ0v) is 15.5. The van der Waals surface area contributed by atoms with E-state index in [-0.39, 0.29) is 12.5 Å². The first-order valence-corrected chi connectivity index (χ1v) is 8.60. The van der Waals surface area contributed by atoms with Gasteiger partial charge >= 0.3 is 5.97 Å². The number of rotatable bonds is 6. The van der Waals surface area contributed by atoms with Gasteiger partial charge < -0.3 is 10.1 Å². The van der Waals surface area contributed by atoms with E-state index < -0.39 is 17.9 Å². The van der Waals surface area contributed by atoms with E-state index >= 15 is 0 Å². The van der Waals surface area contributed by atoms with Crippen LogP contribution in [0.1, 0.15) is 29.8 Å². The molecule has 2 rings (SSSR count). The molecule has 4 nitrogen and oxygen atoms in total. The molecule has 1 atom stereocenters. The Bertz CT molecular complexity index is 745. The zero-order chi connectivity index (χ0) is 18.4. The highest BCUT2D eigenvalue weighted by Gasteiger charge is 2.26. The number of carbonyl (C=O) groups is 2. The van der Waals surface area contributed by atoms with Crippen molar-refractivity contribution in [1.82, 2.24) is 5.32 Å². The van der Waals surface area contributed by atoms with Crippen LogP contribution in [-0.2, 0) is 16.1 Å². The van der Waals surface area contributed by atoms with Gasteiger partial charge in [-0.05, 0) is 35.7 Å². The molecule has 25 heavy (non-hydrogen) atoms. The topological polar surface area (TPSA) is 55.4 Å². The Morgan fingerprint density at radius 1 is 1.04 bits per heavy atom.